The van der Waals surface area contributed by atoms with Gasteiger partial charge < -0.3 is 33.8 Å². The first kappa shape index (κ1) is 95.1. The molecule has 0 amide bonds. The average Bonchev–Trinajstić information content (AvgIpc) is 1.15. The van der Waals surface area contributed by atoms with Crippen LogP contribution >= 0.6 is 15.6 Å². The van der Waals surface area contributed by atoms with E-state index in [0.717, 1.165) is 108 Å². The van der Waals surface area contributed by atoms with Crippen molar-refractivity contribution in [2.24, 2.45) is 11.8 Å². The lowest BCUT2D eigenvalue weighted by molar-refractivity contribution is -0.161. The van der Waals surface area contributed by atoms with Crippen LogP contribution in [0.2, 0.25) is 0 Å². The van der Waals surface area contributed by atoms with Crippen LogP contribution in [0.1, 0.15) is 408 Å². The number of phosphoric acid groups is 2. The van der Waals surface area contributed by atoms with E-state index in [9.17, 15) is 43.2 Å². The summed E-state index contributed by atoms with van der Waals surface area (Å²) in [6, 6.07) is 0. The molecule has 0 radical (unpaired) electrons. The molecule has 0 aliphatic heterocycles. The van der Waals surface area contributed by atoms with Crippen molar-refractivity contribution in [1.29, 1.82) is 0 Å². The van der Waals surface area contributed by atoms with Crippen LogP contribution < -0.4 is 0 Å². The molecule has 0 aromatic rings. The van der Waals surface area contributed by atoms with Crippen molar-refractivity contribution in [3.63, 3.8) is 0 Å². The van der Waals surface area contributed by atoms with Crippen LogP contribution in [0.15, 0.2) is 0 Å². The molecule has 0 saturated heterocycles. The van der Waals surface area contributed by atoms with Crippen LogP contribution in [-0.4, -0.2) is 96.7 Å². The molecule has 0 saturated carbocycles. The van der Waals surface area contributed by atoms with Crippen LogP contribution in [0.4, 0.5) is 0 Å². The second-order valence-corrected chi connectivity index (χ2v) is 31.7. The molecule has 3 unspecified atom stereocenters. The number of phosphoric ester groups is 2. The fourth-order valence-electron chi connectivity index (χ4n) is 12.0. The molecule has 17 nitrogen and oxygen atoms in total. The van der Waals surface area contributed by atoms with Gasteiger partial charge in [0, 0.05) is 25.7 Å². The smallest absolute Gasteiger partial charge is 0.462 e. The molecular formula is C78H152O17P2. The Morgan fingerprint density at radius 1 is 0.299 bits per heavy atom. The SMILES string of the molecule is CCCCCCCCCCCCCCCCCCCC(=O)O[C@H](COC(=O)CCCCCCCCCCCCCCCCCC)COP(=O)(O)OC[C@@H](O)COP(=O)(O)OC[C@@H](COC(=O)CCCCCCCCC(C)CC)OC(=O)CCCCCCCCCCCCCC(C)C. The summed E-state index contributed by atoms with van der Waals surface area (Å²) in [6.45, 7) is 9.58. The van der Waals surface area contributed by atoms with Crippen molar-refractivity contribution >= 4 is 39.5 Å². The molecule has 6 atom stereocenters. The summed E-state index contributed by atoms with van der Waals surface area (Å²) < 4.78 is 68.6. The zero-order valence-corrected chi connectivity index (χ0v) is 65.2. The maximum Gasteiger partial charge on any atom is 0.472 e. The highest BCUT2D eigenvalue weighted by molar-refractivity contribution is 7.47. The van der Waals surface area contributed by atoms with Crippen LogP contribution in [0.3, 0.4) is 0 Å². The first-order valence-corrected chi connectivity index (χ1v) is 43.5. The van der Waals surface area contributed by atoms with Crippen molar-refractivity contribution in [3.05, 3.63) is 0 Å². The number of aliphatic hydroxyl groups excluding tert-OH is 1. The molecule has 0 heterocycles. The molecule has 0 spiro atoms. The van der Waals surface area contributed by atoms with Crippen LogP contribution in [-0.2, 0) is 65.4 Å². The molecule has 97 heavy (non-hydrogen) atoms. The number of hydrogen-bond donors (Lipinski definition) is 3. The molecule has 0 aromatic heterocycles. The van der Waals surface area contributed by atoms with Crippen molar-refractivity contribution in [3.8, 4) is 0 Å². The Kier molecular flexibility index (Phi) is 68.4. The standard InChI is InChI=1S/C78H152O17P2/c1-7-10-12-14-16-18-20-22-24-26-28-30-34-38-42-50-56-62-77(82)94-73(66-88-75(80)60-54-48-41-37-33-29-27-25-23-21-19-17-15-13-11-8-2)68-92-96(84,85)90-64-72(79)65-91-97(86,87)93-69-74(67-89-76(81)61-55-49-45-44-47-53-59-71(6)9-3)95-78(83)63-57-51-43-39-35-31-32-36-40-46-52-58-70(4)5/h70-74,79H,7-69H2,1-6H3,(H,84,85)(H,86,87)/t71?,72-,73-,74-/m1/s1. The van der Waals surface area contributed by atoms with E-state index in [1.807, 2.05) is 0 Å². The van der Waals surface area contributed by atoms with Crippen molar-refractivity contribution in [2.75, 3.05) is 39.6 Å². The van der Waals surface area contributed by atoms with E-state index < -0.39 is 97.5 Å². The molecule has 0 rings (SSSR count). The third-order valence-electron chi connectivity index (χ3n) is 18.6. The Bertz CT molecular complexity index is 1870. The zero-order chi connectivity index (χ0) is 71.4. The topological polar surface area (TPSA) is 237 Å². The highest BCUT2D eigenvalue weighted by atomic mass is 31.2. The number of ether oxygens (including phenoxy) is 4. The minimum absolute atomic E-state index is 0.106. The second-order valence-electron chi connectivity index (χ2n) is 28.8. The average molecular weight is 1420 g/mol. The van der Waals surface area contributed by atoms with Gasteiger partial charge in [-0.3, -0.25) is 37.3 Å². The van der Waals surface area contributed by atoms with E-state index in [-0.39, 0.29) is 25.7 Å². The van der Waals surface area contributed by atoms with Gasteiger partial charge in [0.15, 0.2) is 12.2 Å². The van der Waals surface area contributed by atoms with Crippen molar-refractivity contribution < 1.29 is 80.2 Å². The van der Waals surface area contributed by atoms with Gasteiger partial charge in [-0.15, -0.1) is 0 Å². The van der Waals surface area contributed by atoms with Gasteiger partial charge in [0.1, 0.15) is 19.3 Å². The summed E-state index contributed by atoms with van der Waals surface area (Å²) in [7, 11) is -9.92. The van der Waals surface area contributed by atoms with Gasteiger partial charge >= 0.3 is 39.5 Å². The first-order chi connectivity index (χ1) is 46.9. The van der Waals surface area contributed by atoms with Gasteiger partial charge in [0.05, 0.1) is 26.4 Å². The Hall–Kier alpha value is -1.94. The Morgan fingerprint density at radius 3 is 0.784 bits per heavy atom. The van der Waals surface area contributed by atoms with Crippen molar-refractivity contribution in [1.82, 2.24) is 0 Å². The van der Waals surface area contributed by atoms with Crippen LogP contribution in [0, 0.1) is 11.8 Å². The normalized spacial score (nSPS) is 14.2. The maximum absolute atomic E-state index is 13.1. The number of aliphatic hydroxyl groups is 1. The maximum atomic E-state index is 13.1. The number of rotatable bonds is 77. The molecule has 0 aliphatic rings. The van der Waals surface area contributed by atoms with Gasteiger partial charge in [-0.2, -0.15) is 0 Å². The summed E-state index contributed by atoms with van der Waals surface area (Å²) in [6.07, 6.45) is 58.2. The van der Waals surface area contributed by atoms with E-state index >= 15 is 0 Å². The van der Waals surface area contributed by atoms with E-state index in [4.69, 9.17) is 37.0 Å². The largest absolute Gasteiger partial charge is 0.472 e. The zero-order valence-electron chi connectivity index (χ0n) is 63.4. The lowest BCUT2D eigenvalue weighted by Gasteiger charge is -2.21. The predicted molar refractivity (Wildman–Crippen MR) is 395 cm³/mol. The van der Waals surface area contributed by atoms with Gasteiger partial charge in [-0.1, -0.05) is 356 Å². The molecule has 3 N–H and O–H groups in total. The van der Waals surface area contributed by atoms with E-state index in [2.05, 4.69) is 41.5 Å². The second kappa shape index (κ2) is 69.8. The lowest BCUT2D eigenvalue weighted by atomic mass is 10.00. The number of unbranched alkanes of at least 4 members (excludes halogenated alkanes) is 46. The van der Waals surface area contributed by atoms with E-state index in [0.29, 0.717) is 25.7 Å². The van der Waals surface area contributed by atoms with E-state index in [1.54, 1.807) is 0 Å². The van der Waals surface area contributed by atoms with Crippen LogP contribution in [0.25, 0.3) is 0 Å². The quantitative estimate of drug-likeness (QED) is 0.0222. The molecule has 19 heteroatoms. The van der Waals surface area contributed by atoms with Crippen molar-refractivity contribution in [2.45, 2.75) is 426 Å². The van der Waals surface area contributed by atoms with E-state index in [1.165, 1.54) is 218 Å². The monoisotopic (exact) mass is 1420 g/mol. The number of carbonyl (C=O) groups excluding carboxylic acids is 4. The number of esters is 4. The fourth-order valence-corrected chi connectivity index (χ4v) is 13.6. The molecule has 0 aromatic carbocycles. The lowest BCUT2D eigenvalue weighted by Crippen LogP contribution is -2.30. The van der Waals surface area contributed by atoms with Gasteiger partial charge in [0.25, 0.3) is 0 Å². The predicted octanol–water partition coefficient (Wildman–Crippen LogP) is 23.1. The summed E-state index contributed by atoms with van der Waals surface area (Å²) in [5, 5.41) is 10.6. The molecule has 0 bridgehead atoms. The summed E-state index contributed by atoms with van der Waals surface area (Å²) in [4.78, 5) is 72.9. The first-order valence-electron chi connectivity index (χ1n) is 40.5. The summed E-state index contributed by atoms with van der Waals surface area (Å²) in [5.74, 6) is -0.616. The Labute approximate surface area is 594 Å². The molecule has 0 aliphatic carbocycles. The Balaban J connectivity index is 5.25. The number of carbonyl (C=O) groups is 4. The molecule has 0 fully saturated rings. The highest BCUT2D eigenvalue weighted by Gasteiger charge is 2.30. The third-order valence-corrected chi connectivity index (χ3v) is 20.5. The van der Waals surface area contributed by atoms with Gasteiger partial charge in [0.2, 0.25) is 0 Å². The van der Waals surface area contributed by atoms with Crippen LogP contribution in [0.5, 0.6) is 0 Å². The molecule has 576 valence electrons. The number of hydrogen-bond acceptors (Lipinski definition) is 15. The fraction of sp³-hybridized carbons (Fsp3) is 0.949. The minimum atomic E-state index is -4.96. The highest BCUT2D eigenvalue weighted by Crippen LogP contribution is 2.45. The summed E-state index contributed by atoms with van der Waals surface area (Å²) in [5.41, 5.74) is 0. The summed E-state index contributed by atoms with van der Waals surface area (Å²) >= 11 is 0. The Morgan fingerprint density at radius 2 is 0.526 bits per heavy atom. The molecular weight excluding hydrogens is 1270 g/mol. The minimum Gasteiger partial charge on any atom is -0.462 e. The van der Waals surface area contributed by atoms with Gasteiger partial charge in [-0.25, -0.2) is 9.13 Å². The third kappa shape index (κ3) is 70.9. The van der Waals surface area contributed by atoms with Gasteiger partial charge in [-0.05, 0) is 37.5 Å².